The van der Waals surface area contributed by atoms with Crippen molar-refractivity contribution in [1.29, 1.82) is 0 Å². The third-order valence-corrected chi connectivity index (χ3v) is 7.80. The number of amides is 1. The lowest BCUT2D eigenvalue weighted by Gasteiger charge is -2.25. The average molecular weight is 467 g/mol. The summed E-state index contributed by atoms with van der Waals surface area (Å²) in [5, 5.41) is 2.91. The summed E-state index contributed by atoms with van der Waals surface area (Å²) >= 11 is 0. The zero-order valence-electron chi connectivity index (χ0n) is 18.7. The standard InChI is InChI=1S/C26H27FN2O3S/c1-18-6-14-25(15-7-18)33(31,32)29(24-12-10-23(27)11-13-24)17-26(30)28-19(2)21-9-8-20-4-3-5-22(20)16-21/h6-16,19H,3-5,17H2,1-2H3,(H,28,30). The smallest absolute Gasteiger partial charge is 0.264 e. The van der Waals surface area contributed by atoms with Gasteiger partial charge in [0.15, 0.2) is 0 Å². The second-order valence-corrected chi connectivity index (χ2v) is 10.3. The summed E-state index contributed by atoms with van der Waals surface area (Å²) in [6, 6.07) is 17.4. The van der Waals surface area contributed by atoms with Crippen molar-refractivity contribution in [2.45, 2.75) is 44.0 Å². The molecular formula is C26H27FN2O3S. The largest absolute Gasteiger partial charge is 0.348 e. The molecule has 0 radical (unpaired) electrons. The van der Waals surface area contributed by atoms with Crippen LogP contribution >= 0.6 is 0 Å². The van der Waals surface area contributed by atoms with Crippen molar-refractivity contribution < 1.29 is 17.6 Å². The first-order chi connectivity index (χ1) is 15.7. The van der Waals surface area contributed by atoms with Crippen molar-refractivity contribution in [2.75, 3.05) is 10.8 Å². The van der Waals surface area contributed by atoms with Crippen LogP contribution in [-0.4, -0.2) is 20.9 Å². The fourth-order valence-electron chi connectivity index (χ4n) is 4.12. The van der Waals surface area contributed by atoms with Gasteiger partial charge in [-0.15, -0.1) is 0 Å². The molecule has 0 saturated carbocycles. The summed E-state index contributed by atoms with van der Waals surface area (Å²) in [4.78, 5) is 13.0. The minimum atomic E-state index is -4.04. The number of benzene rings is 3. The quantitative estimate of drug-likeness (QED) is 0.549. The van der Waals surface area contributed by atoms with E-state index in [1.807, 2.05) is 19.9 Å². The van der Waals surface area contributed by atoms with Gasteiger partial charge in [0.2, 0.25) is 5.91 Å². The summed E-state index contributed by atoms with van der Waals surface area (Å²) in [6.07, 6.45) is 3.26. The Morgan fingerprint density at radius 2 is 1.67 bits per heavy atom. The molecule has 1 N–H and O–H groups in total. The maximum atomic E-state index is 13.5. The fraction of sp³-hybridized carbons (Fsp3) is 0.269. The molecule has 1 unspecified atom stereocenters. The SMILES string of the molecule is Cc1ccc(S(=O)(=O)N(CC(=O)NC(C)c2ccc3c(c2)CCC3)c2ccc(F)cc2)cc1. The molecule has 3 aromatic carbocycles. The number of carbonyl (C=O) groups is 1. The zero-order valence-corrected chi connectivity index (χ0v) is 19.5. The summed E-state index contributed by atoms with van der Waals surface area (Å²) in [6.45, 7) is 3.32. The van der Waals surface area contributed by atoms with Gasteiger partial charge in [0.25, 0.3) is 10.0 Å². The Hall–Kier alpha value is -3.19. The van der Waals surface area contributed by atoms with Crippen LogP contribution in [0.15, 0.2) is 71.6 Å². The highest BCUT2D eigenvalue weighted by atomic mass is 32.2. The molecule has 4 rings (SSSR count). The number of sulfonamides is 1. The summed E-state index contributed by atoms with van der Waals surface area (Å²) in [5.74, 6) is -0.927. The zero-order chi connectivity index (χ0) is 23.6. The Morgan fingerprint density at radius 3 is 2.36 bits per heavy atom. The van der Waals surface area contributed by atoms with E-state index in [2.05, 4.69) is 17.4 Å². The van der Waals surface area contributed by atoms with E-state index in [0.29, 0.717) is 0 Å². The highest BCUT2D eigenvalue weighted by molar-refractivity contribution is 7.92. The van der Waals surface area contributed by atoms with Crippen LogP contribution < -0.4 is 9.62 Å². The number of nitrogens with zero attached hydrogens (tertiary/aromatic N) is 1. The lowest BCUT2D eigenvalue weighted by molar-refractivity contribution is -0.120. The van der Waals surface area contributed by atoms with Gasteiger partial charge in [-0.1, -0.05) is 35.9 Å². The third kappa shape index (κ3) is 5.09. The second kappa shape index (κ2) is 9.35. The van der Waals surface area contributed by atoms with Crippen LogP contribution in [0.3, 0.4) is 0 Å². The van der Waals surface area contributed by atoms with Crippen molar-refractivity contribution in [3.63, 3.8) is 0 Å². The molecule has 5 nitrogen and oxygen atoms in total. The van der Waals surface area contributed by atoms with Crippen LogP contribution in [0.2, 0.25) is 0 Å². The van der Waals surface area contributed by atoms with Gasteiger partial charge in [-0.3, -0.25) is 9.10 Å². The molecule has 0 spiro atoms. The van der Waals surface area contributed by atoms with Crippen molar-refractivity contribution >= 4 is 21.6 Å². The molecule has 0 saturated heterocycles. The Morgan fingerprint density at radius 1 is 1.00 bits per heavy atom. The molecule has 172 valence electrons. The van der Waals surface area contributed by atoms with Crippen molar-refractivity contribution in [3.05, 3.63) is 94.8 Å². The molecule has 0 aromatic heterocycles. The minimum absolute atomic E-state index is 0.0666. The van der Waals surface area contributed by atoms with Crippen molar-refractivity contribution in [1.82, 2.24) is 5.32 Å². The molecule has 1 aliphatic rings. The van der Waals surface area contributed by atoms with E-state index in [9.17, 15) is 17.6 Å². The number of hydrogen-bond acceptors (Lipinski definition) is 3. The number of fused-ring (bicyclic) bond motifs is 1. The Balaban J connectivity index is 1.57. The highest BCUT2D eigenvalue weighted by Gasteiger charge is 2.28. The van der Waals surface area contributed by atoms with Gasteiger partial charge in [0.05, 0.1) is 16.6 Å². The van der Waals surface area contributed by atoms with Gasteiger partial charge < -0.3 is 5.32 Å². The van der Waals surface area contributed by atoms with Crippen LogP contribution in [0.25, 0.3) is 0 Å². The van der Waals surface area contributed by atoms with Crippen LogP contribution in [0, 0.1) is 12.7 Å². The van der Waals surface area contributed by atoms with Gasteiger partial charge in [-0.25, -0.2) is 12.8 Å². The number of aryl methyl sites for hydroxylation is 3. The third-order valence-electron chi connectivity index (χ3n) is 6.01. The molecule has 0 bridgehead atoms. The summed E-state index contributed by atoms with van der Waals surface area (Å²) in [7, 11) is -4.04. The molecule has 0 heterocycles. The summed E-state index contributed by atoms with van der Waals surface area (Å²) < 4.78 is 41.3. The second-order valence-electron chi connectivity index (χ2n) is 8.47. The van der Waals surface area contributed by atoms with E-state index in [4.69, 9.17) is 0 Å². The molecule has 1 aliphatic carbocycles. The topological polar surface area (TPSA) is 66.5 Å². The van der Waals surface area contributed by atoms with Crippen molar-refractivity contribution in [2.24, 2.45) is 0 Å². The number of nitrogens with one attached hydrogen (secondary N) is 1. The van der Waals surface area contributed by atoms with E-state index < -0.39 is 28.3 Å². The Bertz CT molecular complexity index is 1260. The number of hydrogen-bond donors (Lipinski definition) is 1. The van der Waals surface area contributed by atoms with Gasteiger partial charge in [-0.05, 0) is 86.2 Å². The monoisotopic (exact) mass is 466 g/mol. The number of rotatable bonds is 7. The first-order valence-corrected chi connectivity index (χ1v) is 12.4. The van der Waals surface area contributed by atoms with Gasteiger partial charge in [0.1, 0.15) is 12.4 Å². The van der Waals surface area contributed by atoms with E-state index in [0.717, 1.165) is 34.7 Å². The molecular weight excluding hydrogens is 439 g/mol. The molecule has 0 fully saturated rings. The number of carbonyl (C=O) groups excluding carboxylic acids is 1. The number of halogens is 1. The van der Waals surface area contributed by atoms with Gasteiger partial charge in [-0.2, -0.15) is 0 Å². The van der Waals surface area contributed by atoms with Crippen LogP contribution in [0.1, 0.15) is 41.6 Å². The van der Waals surface area contributed by atoms with Gasteiger partial charge in [0, 0.05) is 0 Å². The van der Waals surface area contributed by atoms with Gasteiger partial charge >= 0.3 is 0 Å². The number of anilines is 1. The average Bonchev–Trinajstić information content (AvgIpc) is 3.26. The van der Waals surface area contributed by atoms with E-state index >= 15 is 0 Å². The predicted octanol–water partition coefficient (Wildman–Crippen LogP) is 4.70. The first-order valence-electron chi connectivity index (χ1n) is 11.0. The normalized spacial score (nSPS) is 13.9. The molecule has 0 aliphatic heterocycles. The van der Waals surface area contributed by atoms with Crippen LogP contribution in [0.4, 0.5) is 10.1 Å². The lowest BCUT2D eigenvalue weighted by atomic mass is 10.0. The van der Waals surface area contributed by atoms with Crippen molar-refractivity contribution in [3.8, 4) is 0 Å². The molecule has 33 heavy (non-hydrogen) atoms. The summed E-state index contributed by atoms with van der Waals surface area (Å²) in [5.41, 5.74) is 4.78. The Kier molecular flexibility index (Phi) is 6.51. The van der Waals surface area contributed by atoms with Crippen LogP contribution in [0.5, 0.6) is 0 Å². The molecule has 1 amide bonds. The van der Waals surface area contributed by atoms with E-state index in [-0.39, 0.29) is 16.6 Å². The molecule has 7 heteroatoms. The maximum absolute atomic E-state index is 13.5. The molecule has 3 aromatic rings. The predicted molar refractivity (Wildman–Crippen MR) is 127 cm³/mol. The van der Waals surface area contributed by atoms with E-state index in [1.54, 1.807) is 12.1 Å². The maximum Gasteiger partial charge on any atom is 0.264 e. The first kappa shape index (κ1) is 23.0. The minimum Gasteiger partial charge on any atom is -0.348 e. The molecule has 1 atom stereocenters. The lowest BCUT2D eigenvalue weighted by Crippen LogP contribution is -2.41. The fourth-order valence-corrected chi connectivity index (χ4v) is 5.54. The Labute approximate surface area is 194 Å². The highest BCUT2D eigenvalue weighted by Crippen LogP contribution is 2.26. The van der Waals surface area contributed by atoms with Crippen LogP contribution in [-0.2, 0) is 27.7 Å². The van der Waals surface area contributed by atoms with E-state index in [1.165, 1.54) is 47.5 Å².